The molecule has 0 amide bonds. The van der Waals surface area contributed by atoms with E-state index in [-0.39, 0.29) is 4.87 Å². The van der Waals surface area contributed by atoms with Gasteiger partial charge in [0.2, 0.25) is 0 Å². The fourth-order valence-corrected chi connectivity index (χ4v) is 1.14. The Bertz CT molecular complexity index is 78.1. The molecule has 0 aromatic carbocycles. The molecule has 0 N–H and O–H groups in total. The number of alkyl halides is 1. The Kier molecular flexibility index (Phi) is 1.06. The van der Waals surface area contributed by atoms with Crippen LogP contribution in [0, 0.1) is 11.3 Å². The molecule has 1 saturated carbocycles. The molecule has 1 radical (unpaired) electrons. The molecule has 0 spiro atoms. The second kappa shape index (κ2) is 1.29. The molecule has 1 fully saturated rings. The number of hydrogen-bond acceptors (Lipinski definition) is 0. The van der Waals surface area contributed by atoms with Gasteiger partial charge in [-0.25, -0.2) is 0 Å². The number of halogens is 2. The highest BCUT2D eigenvalue weighted by Crippen LogP contribution is 2.59. The monoisotopic (exact) mass is 137 g/mol. The van der Waals surface area contributed by atoms with E-state index in [2.05, 4.69) is 0 Å². The van der Waals surface area contributed by atoms with E-state index in [0.29, 0.717) is 5.92 Å². The highest BCUT2D eigenvalue weighted by atomic mass is 35.5. The maximum Gasteiger partial charge on any atom is 0.0892 e. The molecule has 2 heteroatoms. The third kappa shape index (κ3) is 0.649. The molecule has 1 aliphatic rings. The van der Waals surface area contributed by atoms with Crippen molar-refractivity contribution >= 4 is 23.2 Å². The molecule has 0 saturated heterocycles. The minimum atomic E-state index is -0.179. The first-order valence-corrected chi connectivity index (χ1v) is 3.04. The molecular weight excluding hydrogens is 131 g/mol. The zero-order valence-electron chi connectivity index (χ0n) is 4.33. The van der Waals surface area contributed by atoms with Crippen LogP contribution in [0.2, 0.25) is 0 Å². The van der Waals surface area contributed by atoms with E-state index in [1.54, 1.807) is 0 Å². The van der Waals surface area contributed by atoms with Crippen molar-refractivity contribution in [1.82, 2.24) is 0 Å². The van der Waals surface area contributed by atoms with Gasteiger partial charge in [-0.3, -0.25) is 0 Å². The second-order valence-electron chi connectivity index (χ2n) is 2.15. The molecule has 0 bridgehead atoms. The summed E-state index contributed by atoms with van der Waals surface area (Å²) >= 11 is 11.4. The van der Waals surface area contributed by atoms with Crippen molar-refractivity contribution in [3.05, 3.63) is 5.38 Å². The maximum atomic E-state index is 5.77. The fraction of sp³-hybridized carbons (Fsp3) is 0.800. The van der Waals surface area contributed by atoms with E-state index >= 15 is 0 Å². The van der Waals surface area contributed by atoms with Crippen LogP contribution in [0.15, 0.2) is 0 Å². The van der Waals surface area contributed by atoms with Gasteiger partial charge in [-0.1, -0.05) is 6.92 Å². The minimum Gasteiger partial charge on any atom is -0.117 e. The molecule has 2 unspecified atom stereocenters. The summed E-state index contributed by atoms with van der Waals surface area (Å²) in [6.45, 7) is 3.96. The van der Waals surface area contributed by atoms with Crippen molar-refractivity contribution in [2.45, 2.75) is 18.7 Å². The molecule has 7 heavy (non-hydrogen) atoms. The van der Waals surface area contributed by atoms with Gasteiger partial charge in [-0.2, -0.15) is 0 Å². The van der Waals surface area contributed by atoms with Gasteiger partial charge >= 0.3 is 0 Å². The molecule has 0 nitrogen and oxygen atoms in total. The first-order chi connectivity index (χ1) is 3.07. The summed E-state index contributed by atoms with van der Waals surface area (Å²) in [5.74, 6) is 0.413. The summed E-state index contributed by atoms with van der Waals surface area (Å²) in [7, 11) is 0. The zero-order chi connectivity index (χ0) is 5.65. The van der Waals surface area contributed by atoms with E-state index in [4.69, 9.17) is 23.2 Å². The van der Waals surface area contributed by atoms with Gasteiger partial charge in [0.15, 0.2) is 0 Å². The lowest BCUT2D eigenvalue weighted by atomic mass is 10.4. The lowest BCUT2D eigenvalue weighted by molar-refractivity contribution is 0.869. The standard InChI is InChI=1S/C5H7Cl2/c1-3-4(6)5(3,2)7/h3H,1-2H3. The molecule has 2 atom stereocenters. The van der Waals surface area contributed by atoms with Gasteiger partial charge in [-0.15, -0.1) is 23.2 Å². The first-order valence-electron chi connectivity index (χ1n) is 2.28. The van der Waals surface area contributed by atoms with E-state index in [1.807, 2.05) is 13.8 Å². The predicted molar refractivity (Wildman–Crippen MR) is 32.5 cm³/mol. The van der Waals surface area contributed by atoms with Crippen LogP contribution in [0.1, 0.15) is 13.8 Å². The molecule has 1 rings (SSSR count). The van der Waals surface area contributed by atoms with Crippen molar-refractivity contribution in [2.24, 2.45) is 5.92 Å². The first kappa shape index (κ1) is 5.71. The average Bonchev–Trinajstić information content (AvgIpc) is 1.91. The van der Waals surface area contributed by atoms with Crippen LogP contribution < -0.4 is 0 Å². The van der Waals surface area contributed by atoms with Gasteiger partial charge in [0.1, 0.15) is 0 Å². The highest BCUT2D eigenvalue weighted by molar-refractivity contribution is 6.42. The lowest BCUT2D eigenvalue weighted by Crippen LogP contribution is -1.89. The van der Waals surface area contributed by atoms with Crippen molar-refractivity contribution < 1.29 is 0 Å². The van der Waals surface area contributed by atoms with E-state index < -0.39 is 0 Å². The average molecular weight is 138 g/mol. The SMILES string of the molecule is CC1[C](Cl)C1(C)Cl. The van der Waals surface area contributed by atoms with Crippen LogP contribution >= 0.6 is 23.2 Å². The third-order valence-electron chi connectivity index (χ3n) is 1.58. The smallest absolute Gasteiger partial charge is 0.0892 e. The van der Waals surface area contributed by atoms with Gasteiger partial charge in [0.05, 0.1) is 10.3 Å². The van der Waals surface area contributed by atoms with Gasteiger partial charge in [-0.05, 0) is 12.8 Å². The zero-order valence-corrected chi connectivity index (χ0v) is 5.85. The second-order valence-corrected chi connectivity index (χ2v) is 3.34. The van der Waals surface area contributed by atoms with Crippen LogP contribution in [0.3, 0.4) is 0 Å². The fourth-order valence-electron chi connectivity index (χ4n) is 0.539. The maximum absolute atomic E-state index is 5.77. The van der Waals surface area contributed by atoms with Crippen LogP contribution in [0.5, 0.6) is 0 Å². The highest BCUT2D eigenvalue weighted by Gasteiger charge is 2.57. The molecule has 0 aliphatic heterocycles. The van der Waals surface area contributed by atoms with Gasteiger partial charge in [0, 0.05) is 0 Å². The summed E-state index contributed by atoms with van der Waals surface area (Å²) in [5.41, 5.74) is 0. The molecule has 0 aromatic heterocycles. The Balaban J connectivity index is 2.52. The van der Waals surface area contributed by atoms with Crippen LogP contribution in [0.4, 0.5) is 0 Å². The van der Waals surface area contributed by atoms with Crippen LogP contribution in [-0.2, 0) is 0 Å². The predicted octanol–water partition coefficient (Wildman–Crippen LogP) is 2.40. The Morgan fingerprint density at radius 2 is 1.86 bits per heavy atom. The van der Waals surface area contributed by atoms with Crippen LogP contribution in [-0.4, -0.2) is 4.87 Å². The molecule has 1 aliphatic carbocycles. The van der Waals surface area contributed by atoms with Crippen molar-refractivity contribution in [1.29, 1.82) is 0 Å². The summed E-state index contributed by atoms with van der Waals surface area (Å²) in [6, 6.07) is 0. The molecule has 0 aromatic rings. The summed E-state index contributed by atoms with van der Waals surface area (Å²) in [4.78, 5) is -0.179. The molecule has 0 heterocycles. The summed E-state index contributed by atoms with van der Waals surface area (Å²) in [5, 5.41) is 0.897. The Hall–Kier alpha value is 0.580. The third-order valence-corrected chi connectivity index (χ3v) is 2.92. The normalized spacial score (nSPS) is 52.3. The number of rotatable bonds is 0. The largest absolute Gasteiger partial charge is 0.117 e. The van der Waals surface area contributed by atoms with Crippen molar-refractivity contribution in [2.75, 3.05) is 0 Å². The Morgan fingerprint density at radius 1 is 1.71 bits per heavy atom. The summed E-state index contributed by atoms with van der Waals surface area (Å²) < 4.78 is 0. The molecule has 41 valence electrons. The van der Waals surface area contributed by atoms with Gasteiger partial charge in [0.25, 0.3) is 0 Å². The van der Waals surface area contributed by atoms with E-state index in [1.165, 1.54) is 0 Å². The van der Waals surface area contributed by atoms with Gasteiger partial charge < -0.3 is 0 Å². The number of hydrogen-bond donors (Lipinski definition) is 0. The van der Waals surface area contributed by atoms with E-state index in [9.17, 15) is 0 Å². The quantitative estimate of drug-likeness (QED) is 0.451. The van der Waals surface area contributed by atoms with Crippen molar-refractivity contribution in [3.63, 3.8) is 0 Å². The van der Waals surface area contributed by atoms with Crippen LogP contribution in [0.25, 0.3) is 0 Å². The topological polar surface area (TPSA) is 0 Å². The Labute approximate surface area is 53.8 Å². The molecular formula is C5H7Cl2. The minimum absolute atomic E-state index is 0.179. The van der Waals surface area contributed by atoms with Crippen molar-refractivity contribution in [3.8, 4) is 0 Å². The van der Waals surface area contributed by atoms with E-state index in [0.717, 1.165) is 5.38 Å². The summed E-state index contributed by atoms with van der Waals surface area (Å²) in [6.07, 6.45) is 0. The Morgan fingerprint density at radius 3 is 1.86 bits per heavy atom. The lowest BCUT2D eigenvalue weighted by Gasteiger charge is -1.88.